The smallest absolute Gasteiger partial charge is 0.251 e. The molecule has 0 unspecified atom stereocenters. The molecule has 0 aromatic heterocycles. The number of rotatable bonds is 9. The molecular weight excluding hydrogens is 416 g/mol. The van der Waals surface area contributed by atoms with E-state index in [1.807, 2.05) is 55.5 Å². The predicted molar refractivity (Wildman–Crippen MR) is 131 cm³/mol. The number of carbonyl (C=O) groups excluding carboxylic acids is 3. The molecule has 0 spiro atoms. The largest absolute Gasteiger partial charge is 0.376 e. The highest BCUT2D eigenvalue weighted by atomic mass is 16.2. The monoisotopic (exact) mass is 444 g/mol. The van der Waals surface area contributed by atoms with E-state index in [4.69, 9.17) is 0 Å². The maximum Gasteiger partial charge on any atom is 0.251 e. The Labute approximate surface area is 193 Å². The normalized spacial score (nSPS) is 10.2. The number of hydrogen-bond acceptors (Lipinski definition) is 4. The average Bonchev–Trinajstić information content (AvgIpc) is 2.84. The second-order valence-electron chi connectivity index (χ2n) is 7.53. The molecule has 170 valence electrons. The summed E-state index contributed by atoms with van der Waals surface area (Å²) < 4.78 is 0. The number of anilines is 3. The van der Waals surface area contributed by atoms with Gasteiger partial charge in [-0.2, -0.15) is 0 Å². The van der Waals surface area contributed by atoms with E-state index in [9.17, 15) is 14.4 Å². The van der Waals surface area contributed by atoms with Gasteiger partial charge in [-0.3, -0.25) is 14.4 Å². The van der Waals surface area contributed by atoms with Crippen molar-refractivity contribution in [3.63, 3.8) is 0 Å². The van der Waals surface area contributed by atoms with E-state index in [1.54, 1.807) is 31.2 Å². The van der Waals surface area contributed by atoms with E-state index in [-0.39, 0.29) is 24.3 Å². The lowest BCUT2D eigenvalue weighted by atomic mass is 10.1. The fourth-order valence-corrected chi connectivity index (χ4v) is 3.17. The van der Waals surface area contributed by atoms with Gasteiger partial charge in [0.15, 0.2) is 0 Å². The summed E-state index contributed by atoms with van der Waals surface area (Å²) in [4.78, 5) is 36.3. The van der Waals surface area contributed by atoms with Crippen LogP contribution in [0.15, 0.2) is 72.8 Å². The zero-order valence-corrected chi connectivity index (χ0v) is 18.8. The molecule has 7 nitrogen and oxygen atoms in total. The van der Waals surface area contributed by atoms with E-state index in [0.29, 0.717) is 29.9 Å². The Hall–Kier alpha value is -4.13. The van der Waals surface area contributed by atoms with E-state index < -0.39 is 0 Å². The Kier molecular flexibility index (Phi) is 8.18. The maximum atomic E-state index is 12.4. The molecule has 3 aromatic rings. The fraction of sp³-hybridized carbons (Fsp3) is 0.192. The highest BCUT2D eigenvalue weighted by Crippen LogP contribution is 2.23. The van der Waals surface area contributed by atoms with Gasteiger partial charge in [0.05, 0.1) is 6.54 Å². The quantitative estimate of drug-likeness (QED) is 0.395. The third-order valence-electron chi connectivity index (χ3n) is 5.10. The molecule has 33 heavy (non-hydrogen) atoms. The molecule has 0 aliphatic rings. The van der Waals surface area contributed by atoms with Crippen LogP contribution in [-0.4, -0.2) is 24.3 Å². The minimum absolute atomic E-state index is 0.0608. The Bertz CT molecular complexity index is 1110. The van der Waals surface area contributed by atoms with Crippen LogP contribution in [0.2, 0.25) is 0 Å². The first-order chi connectivity index (χ1) is 16.0. The summed E-state index contributed by atoms with van der Waals surface area (Å²) in [6.45, 7) is 4.19. The molecule has 3 rings (SSSR count). The zero-order valence-electron chi connectivity index (χ0n) is 18.8. The number of hydrogen-bond donors (Lipinski definition) is 4. The summed E-state index contributed by atoms with van der Waals surface area (Å²) in [6, 6.07) is 21.9. The predicted octanol–water partition coefficient (Wildman–Crippen LogP) is 4.32. The lowest BCUT2D eigenvalue weighted by Crippen LogP contribution is -2.23. The van der Waals surface area contributed by atoms with E-state index in [0.717, 1.165) is 16.8 Å². The molecule has 0 aliphatic heterocycles. The van der Waals surface area contributed by atoms with Crippen LogP contribution in [-0.2, 0) is 16.1 Å². The molecule has 0 heterocycles. The lowest BCUT2D eigenvalue weighted by Gasteiger charge is -2.14. The molecule has 3 amide bonds. The topological polar surface area (TPSA) is 99.3 Å². The summed E-state index contributed by atoms with van der Waals surface area (Å²) in [5.74, 6) is -0.465. The van der Waals surface area contributed by atoms with Gasteiger partial charge in [-0.05, 0) is 54.4 Å². The molecule has 7 heteroatoms. The van der Waals surface area contributed by atoms with E-state index in [2.05, 4.69) is 21.3 Å². The molecule has 0 saturated carbocycles. The molecule has 0 radical (unpaired) electrons. The van der Waals surface area contributed by atoms with Crippen LogP contribution in [0, 0.1) is 6.92 Å². The van der Waals surface area contributed by atoms with Crippen LogP contribution in [0.4, 0.5) is 17.1 Å². The van der Waals surface area contributed by atoms with Gasteiger partial charge >= 0.3 is 0 Å². The van der Waals surface area contributed by atoms with Gasteiger partial charge in [0.25, 0.3) is 5.91 Å². The van der Waals surface area contributed by atoms with Crippen molar-refractivity contribution in [3.8, 4) is 0 Å². The third-order valence-corrected chi connectivity index (χ3v) is 5.10. The number of carbonyl (C=O) groups is 3. The zero-order chi connectivity index (χ0) is 23.6. The van der Waals surface area contributed by atoms with Crippen LogP contribution in [0.3, 0.4) is 0 Å². The van der Waals surface area contributed by atoms with Crippen molar-refractivity contribution >= 4 is 34.8 Å². The highest BCUT2D eigenvalue weighted by Gasteiger charge is 2.09. The van der Waals surface area contributed by atoms with Gasteiger partial charge in [0, 0.05) is 35.6 Å². The Morgan fingerprint density at radius 2 is 1.45 bits per heavy atom. The standard InChI is InChI=1S/C26H28N4O3/c1-3-24(31)30-23-11-7-10-22(18(23)2)27-17-25(32)29-21-14-12-20(13-15-21)26(33)28-16-19-8-5-4-6-9-19/h4-15,27H,3,16-17H2,1-2H3,(H,28,33)(H,29,32)(H,30,31). The third kappa shape index (κ3) is 6.93. The van der Waals surface area contributed by atoms with Gasteiger partial charge in [-0.25, -0.2) is 0 Å². The summed E-state index contributed by atoms with van der Waals surface area (Å²) >= 11 is 0. The lowest BCUT2D eigenvalue weighted by molar-refractivity contribution is -0.116. The second-order valence-corrected chi connectivity index (χ2v) is 7.53. The summed E-state index contributed by atoms with van der Waals surface area (Å²) in [7, 11) is 0. The maximum absolute atomic E-state index is 12.4. The molecule has 0 bridgehead atoms. The average molecular weight is 445 g/mol. The molecular formula is C26H28N4O3. The molecule has 0 aliphatic carbocycles. The summed E-state index contributed by atoms with van der Waals surface area (Å²) in [5.41, 5.74) is 4.48. The van der Waals surface area contributed by atoms with Gasteiger partial charge in [0.2, 0.25) is 11.8 Å². The minimum Gasteiger partial charge on any atom is -0.376 e. The van der Waals surface area contributed by atoms with Crippen LogP contribution in [0.5, 0.6) is 0 Å². The van der Waals surface area contributed by atoms with Crippen LogP contribution in [0.1, 0.15) is 34.8 Å². The van der Waals surface area contributed by atoms with Crippen LogP contribution < -0.4 is 21.3 Å². The van der Waals surface area contributed by atoms with Crippen molar-refractivity contribution < 1.29 is 14.4 Å². The summed E-state index contributed by atoms with van der Waals surface area (Å²) in [5, 5.41) is 11.6. The first-order valence-corrected chi connectivity index (χ1v) is 10.8. The molecule has 0 saturated heterocycles. The molecule has 4 N–H and O–H groups in total. The van der Waals surface area contributed by atoms with Crippen molar-refractivity contribution in [1.29, 1.82) is 0 Å². The van der Waals surface area contributed by atoms with Gasteiger partial charge in [0.1, 0.15) is 0 Å². The first kappa shape index (κ1) is 23.5. The SMILES string of the molecule is CCC(=O)Nc1cccc(NCC(=O)Nc2ccc(C(=O)NCc3ccccc3)cc2)c1C. The van der Waals surface area contributed by atoms with Crippen molar-refractivity contribution in [1.82, 2.24) is 5.32 Å². The molecule has 0 atom stereocenters. The highest BCUT2D eigenvalue weighted by molar-refractivity contribution is 5.97. The van der Waals surface area contributed by atoms with Crippen molar-refractivity contribution in [2.45, 2.75) is 26.8 Å². The Balaban J connectivity index is 1.50. The number of nitrogens with one attached hydrogen (secondary N) is 4. The van der Waals surface area contributed by atoms with Crippen LogP contribution >= 0.6 is 0 Å². The first-order valence-electron chi connectivity index (χ1n) is 10.8. The van der Waals surface area contributed by atoms with Gasteiger partial charge in [-0.15, -0.1) is 0 Å². The van der Waals surface area contributed by atoms with Crippen molar-refractivity contribution in [2.75, 3.05) is 22.5 Å². The molecule has 0 fully saturated rings. The Morgan fingerprint density at radius 3 is 2.15 bits per heavy atom. The minimum atomic E-state index is -0.223. The second kappa shape index (κ2) is 11.5. The van der Waals surface area contributed by atoms with Crippen molar-refractivity contribution in [2.24, 2.45) is 0 Å². The van der Waals surface area contributed by atoms with Crippen molar-refractivity contribution in [3.05, 3.63) is 89.5 Å². The molecule has 3 aromatic carbocycles. The number of benzene rings is 3. The van der Waals surface area contributed by atoms with E-state index in [1.165, 1.54) is 0 Å². The van der Waals surface area contributed by atoms with E-state index >= 15 is 0 Å². The Morgan fingerprint density at radius 1 is 0.758 bits per heavy atom. The van der Waals surface area contributed by atoms with Gasteiger partial charge < -0.3 is 21.3 Å². The summed E-state index contributed by atoms with van der Waals surface area (Å²) in [6.07, 6.45) is 0.396. The van der Waals surface area contributed by atoms with Gasteiger partial charge in [-0.1, -0.05) is 43.3 Å². The van der Waals surface area contributed by atoms with Crippen LogP contribution in [0.25, 0.3) is 0 Å². The number of amides is 3. The fourth-order valence-electron chi connectivity index (χ4n) is 3.17.